The largest absolute Gasteiger partial charge is 0.511 e. The number of aliphatic hydroxyl groups excluding tert-OH is 1. The van der Waals surface area contributed by atoms with Gasteiger partial charge in [0.05, 0.1) is 5.57 Å². The molecule has 3 rings (SSSR count). The summed E-state index contributed by atoms with van der Waals surface area (Å²) in [5, 5.41) is 10.3. The van der Waals surface area contributed by atoms with Gasteiger partial charge in [0, 0.05) is 25.6 Å². The van der Waals surface area contributed by atoms with Crippen molar-refractivity contribution in [3.8, 4) is 0 Å². The van der Waals surface area contributed by atoms with E-state index < -0.39 is 0 Å². The Bertz CT molecular complexity index is 651. The summed E-state index contributed by atoms with van der Waals surface area (Å²) < 4.78 is 0. The second-order valence-corrected chi connectivity index (χ2v) is 7.63. The lowest BCUT2D eigenvalue weighted by Crippen LogP contribution is -2.19. The third-order valence-electron chi connectivity index (χ3n) is 5.64. The molecule has 0 spiro atoms. The number of carbonyl (C=O) groups excluding carboxylic acids is 1. The minimum absolute atomic E-state index is 0.00995. The maximum Gasteiger partial charge on any atom is 0.168 e. The van der Waals surface area contributed by atoms with Gasteiger partial charge in [0.2, 0.25) is 0 Å². The molecule has 1 fully saturated rings. The minimum atomic E-state index is 0.00995. The zero-order valence-electron chi connectivity index (χ0n) is 15.2. The van der Waals surface area contributed by atoms with Crippen LogP contribution in [0.4, 0.5) is 0 Å². The maximum atomic E-state index is 12.4. The second-order valence-electron chi connectivity index (χ2n) is 7.63. The summed E-state index contributed by atoms with van der Waals surface area (Å²) in [5.74, 6) is 1.08. The highest BCUT2D eigenvalue weighted by Gasteiger charge is 2.27. The van der Waals surface area contributed by atoms with Crippen molar-refractivity contribution in [1.29, 1.82) is 0 Å². The second kappa shape index (κ2) is 8.46. The van der Waals surface area contributed by atoms with Crippen molar-refractivity contribution in [2.24, 2.45) is 10.9 Å². The fraction of sp³-hybridized carbons (Fsp3) is 0.545. The van der Waals surface area contributed by atoms with Gasteiger partial charge in [-0.1, -0.05) is 61.9 Å². The highest BCUT2D eigenvalue weighted by Crippen LogP contribution is 2.33. The van der Waals surface area contributed by atoms with Gasteiger partial charge in [0.15, 0.2) is 5.78 Å². The lowest BCUT2D eigenvalue weighted by atomic mass is 9.83. The van der Waals surface area contributed by atoms with Crippen LogP contribution in [-0.2, 0) is 4.79 Å². The third-order valence-corrected chi connectivity index (χ3v) is 5.64. The number of carbonyl (C=O) groups is 1. The van der Waals surface area contributed by atoms with Crippen molar-refractivity contribution < 1.29 is 9.90 Å². The molecule has 0 heterocycles. The first-order chi connectivity index (χ1) is 12.1. The van der Waals surface area contributed by atoms with Gasteiger partial charge in [0.1, 0.15) is 5.76 Å². The maximum absolute atomic E-state index is 12.4. The van der Waals surface area contributed by atoms with E-state index in [1.807, 2.05) is 0 Å². The van der Waals surface area contributed by atoms with E-state index in [1.165, 1.54) is 37.7 Å². The number of rotatable bonds is 5. The van der Waals surface area contributed by atoms with Gasteiger partial charge in [-0.2, -0.15) is 0 Å². The molecule has 25 heavy (non-hydrogen) atoms. The van der Waals surface area contributed by atoms with Crippen LogP contribution >= 0.6 is 0 Å². The molecule has 1 atom stereocenters. The van der Waals surface area contributed by atoms with E-state index in [1.54, 1.807) is 6.21 Å². The molecule has 0 aromatic heterocycles. The van der Waals surface area contributed by atoms with Crippen LogP contribution in [0.15, 0.2) is 40.6 Å². The molecule has 2 aliphatic carbocycles. The average Bonchev–Trinajstić information content (AvgIpc) is 2.62. The molecule has 2 aliphatic rings. The number of nitrogens with zero attached hydrogens (tertiary/aromatic N) is 1. The standard InChI is InChI=1S/C22H29NO2/c1-16-7-9-18(10-8-16)19-13-21(24)20(22(25)14-19)15-23-12-11-17-5-3-2-4-6-17/h7-10,15,17,19,24H,2-6,11-14H2,1H3. The first-order valence-corrected chi connectivity index (χ1v) is 9.65. The van der Waals surface area contributed by atoms with Gasteiger partial charge in [-0.15, -0.1) is 0 Å². The van der Waals surface area contributed by atoms with Crippen LogP contribution in [0.3, 0.4) is 0 Å². The third kappa shape index (κ3) is 4.81. The molecule has 0 aliphatic heterocycles. The monoisotopic (exact) mass is 339 g/mol. The van der Waals surface area contributed by atoms with Crippen LogP contribution in [0, 0.1) is 12.8 Å². The van der Waals surface area contributed by atoms with Crippen LogP contribution in [0.2, 0.25) is 0 Å². The number of aliphatic hydroxyl groups is 1. The molecule has 134 valence electrons. The molecule has 1 N–H and O–H groups in total. The molecule has 1 aromatic rings. The molecular formula is C22H29NO2. The zero-order chi connectivity index (χ0) is 17.6. The van der Waals surface area contributed by atoms with E-state index in [0.29, 0.717) is 18.4 Å². The summed E-state index contributed by atoms with van der Waals surface area (Å²) in [5.41, 5.74) is 2.75. The number of hydrogen-bond acceptors (Lipinski definition) is 3. The van der Waals surface area contributed by atoms with Crippen molar-refractivity contribution in [3.05, 3.63) is 46.7 Å². The minimum Gasteiger partial charge on any atom is -0.511 e. The van der Waals surface area contributed by atoms with E-state index in [-0.39, 0.29) is 17.5 Å². The van der Waals surface area contributed by atoms with Crippen molar-refractivity contribution in [3.63, 3.8) is 0 Å². The quantitative estimate of drug-likeness (QED) is 0.741. The molecule has 0 amide bonds. The number of hydrogen-bond donors (Lipinski definition) is 1. The SMILES string of the molecule is Cc1ccc(C2CC(=O)C(C=NCCC3CCCCC3)=C(O)C2)cc1. The molecule has 1 aromatic carbocycles. The Morgan fingerprint density at radius 1 is 1.12 bits per heavy atom. The fourth-order valence-corrected chi connectivity index (χ4v) is 4.02. The summed E-state index contributed by atoms with van der Waals surface area (Å²) in [6.45, 7) is 2.81. The van der Waals surface area contributed by atoms with Gasteiger partial charge >= 0.3 is 0 Å². The Morgan fingerprint density at radius 3 is 2.52 bits per heavy atom. The topological polar surface area (TPSA) is 49.7 Å². The van der Waals surface area contributed by atoms with Crippen LogP contribution in [0.25, 0.3) is 0 Å². The van der Waals surface area contributed by atoms with Crippen LogP contribution < -0.4 is 0 Å². The summed E-state index contributed by atoms with van der Waals surface area (Å²) in [7, 11) is 0. The number of benzene rings is 1. The first kappa shape index (κ1) is 17.9. The molecule has 1 unspecified atom stereocenters. The Balaban J connectivity index is 1.57. The Kier molecular flexibility index (Phi) is 6.06. The van der Waals surface area contributed by atoms with Crippen molar-refractivity contribution in [1.82, 2.24) is 0 Å². The first-order valence-electron chi connectivity index (χ1n) is 9.65. The van der Waals surface area contributed by atoms with Crippen molar-refractivity contribution in [2.45, 2.75) is 64.2 Å². The predicted molar refractivity (Wildman–Crippen MR) is 102 cm³/mol. The Labute approximate surface area is 150 Å². The van der Waals surface area contributed by atoms with Crippen LogP contribution in [0.1, 0.15) is 68.4 Å². The van der Waals surface area contributed by atoms with Gasteiger partial charge in [-0.3, -0.25) is 9.79 Å². The van der Waals surface area contributed by atoms with E-state index >= 15 is 0 Å². The molecule has 0 radical (unpaired) electrons. The summed E-state index contributed by atoms with van der Waals surface area (Å²) in [4.78, 5) is 16.9. The molecule has 0 saturated heterocycles. The summed E-state index contributed by atoms with van der Waals surface area (Å²) in [6.07, 6.45) is 10.4. The number of ketones is 1. The van der Waals surface area contributed by atoms with Gasteiger partial charge < -0.3 is 5.11 Å². The van der Waals surface area contributed by atoms with Crippen molar-refractivity contribution in [2.75, 3.05) is 6.54 Å². The van der Waals surface area contributed by atoms with Gasteiger partial charge in [-0.05, 0) is 30.7 Å². The molecule has 3 heteroatoms. The average molecular weight is 339 g/mol. The van der Waals surface area contributed by atoms with Crippen LogP contribution in [0.5, 0.6) is 0 Å². The van der Waals surface area contributed by atoms with Crippen LogP contribution in [-0.4, -0.2) is 23.6 Å². The van der Waals surface area contributed by atoms with Gasteiger partial charge in [-0.25, -0.2) is 0 Å². The summed E-state index contributed by atoms with van der Waals surface area (Å²) >= 11 is 0. The lowest BCUT2D eigenvalue weighted by Gasteiger charge is -2.22. The smallest absolute Gasteiger partial charge is 0.168 e. The zero-order valence-corrected chi connectivity index (χ0v) is 15.2. The highest BCUT2D eigenvalue weighted by molar-refractivity contribution is 6.14. The van der Waals surface area contributed by atoms with E-state index in [0.717, 1.165) is 24.4 Å². The Morgan fingerprint density at radius 2 is 1.84 bits per heavy atom. The normalized spacial score (nSPS) is 22.8. The fourth-order valence-electron chi connectivity index (χ4n) is 4.02. The number of aliphatic imine (C=N–C) groups is 1. The predicted octanol–water partition coefficient (Wildman–Crippen LogP) is 5.29. The van der Waals surface area contributed by atoms with Crippen molar-refractivity contribution >= 4 is 12.0 Å². The molecule has 0 bridgehead atoms. The number of aryl methyl sites for hydroxylation is 1. The Hall–Kier alpha value is -1.90. The number of allylic oxidation sites excluding steroid dienone is 2. The molecule has 3 nitrogen and oxygen atoms in total. The van der Waals surface area contributed by atoms with E-state index in [2.05, 4.69) is 36.2 Å². The molecule has 1 saturated carbocycles. The van der Waals surface area contributed by atoms with E-state index in [9.17, 15) is 9.90 Å². The van der Waals surface area contributed by atoms with E-state index in [4.69, 9.17) is 0 Å². The number of Topliss-reactive ketones (excluding diaryl/α,β-unsaturated/α-hetero) is 1. The van der Waals surface area contributed by atoms with Gasteiger partial charge in [0.25, 0.3) is 0 Å². The highest BCUT2D eigenvalue weighted by atomic mass is 16.3. The lowest BCUT2D eigenvalue weighted by molar-refractivity contribution is -0.116. The molecular weight excluding hydrogens is 310 g/mol. The summed E-state index contributed by atoms with van der Waals surface area (Å²) in [6, 6.07) is 8.24.